The first-order chi connectivity index (χ1) is 12.5. The van der Waals surface area contributed by atoms with Gasteiger partial charge in [0.05, 0.1) is 0 Å². The second kappa shape index (κ2) is 16.7. The van der Waals surface area contributed by atoms with E-state index in [2.05, 4.69) is 38.1 Å². The minimum atomic E-state index is -0.743. The third-order valence-corrected chi connectivity index (χ3v) is 4.41. The number of rotatable bonds is 16. The summed E-state index contributed by atoms with van der Waals surface area (Å²) >= 11 is 0. The van der Waals surface area contributed by atoms with E-state index in [1.165, 1.54) is 24.8 Å². The number of aliphatic carboxylic acids is 1. The predicted octanol–water partition coefficient (Wildman–Crippen LogP) is 6.82. The van der Waals surface area contributed by atoms with Crippen LogP contribution in [0.3, 0.4) is 0 Å². The summed E-state index contributed by atoms with van der Waals surface area (Å²) in [6, 6.07) is -0.286. The summed E-state index contributed by atoms with van der Waals surface area (Å²) in [5, 5.41) is 11.7. The second-order valence-corrected chi connectivity index (χ2v) is 7.22. The molecule has 0 bridgehead atoms. The van der Waals surface area contributed by atoms with Gasteiger partial charge in [0, 0.05) is 6.42 Å². The molecule has 0 aromatic carbocycles. The Labute approximate surface area is 159 Å². The number of hydrogen-bond donors (Lipinski definition) is 1. The van der Waals surface area contributed by atoms with Crippen molar-refractivity contribution in [2.45, 2.75) is 91.0 Å². The standard InChI is InChI=1S/C22H37NO3/c1-4-13-19(2)18-20(3)14-9-5-6-10-15-21(23-26)16-11-7-8-12-17-22(24)25/h5-6,10,14-15,19,21H,4,7-9,11-13,16-18H2,1-3H3,(H,24,25)/b6-5-,15-10+,20-14-. The number of carboxylic acids is 1. The maximum atomic E-state index is 10.9. The third kappa shape index (κ3) is 15.8. The van der Waals surface area contributed by atoms with Gasteiger partial charge in [-0.25, -0.2) is 0 Å². The first-order valence-electron chi connectivity index (χ1n) is 10.0. The van der Waals surface area contributed by atoms with E-state index in [1.807, 2.05) is 18.2 Å². The molecule has 26 heavy (non-hydrogen) atoms. The summed E-state index contributed by atoms with van der Waals surface area (Å²) in [4.78, 5) is 21.3. The van der Waals surface area contributed by atoms with E-state index in [9.17, 15) is 9.70 Å². The number of nitroso groups, excluding NO2 is 1. The average molecular weight is 364 g/mol. The van der Waals surface area contributed by atoms with Crippen LogP contribution in [0.25, 0.3) is 0 Å². The molecule has 2 unspecified atom stereocenters. The average Bonchev–Trinajstić information content (AvgIpc) is 2.58. The van der Waals surface area contributed by atoms with Crippen molar-refractivity contribution in [2.24, 2.45) is 11.1 Å². The Morgan fingerprint density at radius 2 is 1.85 bits per heavy atom. The second-order valence-electron chi connectivity index (χ2n) is 7.22. The highest BCUT2D eigenvalue weighted by molar-refractivity contribution is 5.66. The molecule has 0 aromatic rings. The van der Waals surface area contributed by atoms with Gasteiger partial charge in [0.2, 0.25) is 0 Å². The van der Waals surface area contributed by atoms with Crippen LogP contribution in [0, 0.1) is 10.8 Å². The van der Waals surface area contributed by atoms with Gasteiger partial charge in [0.15, 0.2) is 0 Å². The Morgan fingerprint density at radius 1 is 1.12 bits per heavy atom. The summed E-state index contributed by atoms with van der Waals surface area (Å²) in [7, 11) is 0. The Hall–Kier alpha value is -1.71. The highest BCUT2D eigenvalue weighted by atomic mass is 16.4. The van der Waals surface area contributed by atoms with Crippen molar-refractivity contribution in [3.63, 3.8) is 0 Å². The minimum absolute atomic E-state index is 0.228. The molecule has 0 aliphatic rings. The molecular weight excluding hydrogens is 326 g/mol. The zero-order valence-corrected chi connectivity index (χ0v) is 16.8. The number of allylic oxidation sites excluding steroid dienone is 5. The zero-order chi connectivity index (χ0) is 19.6. The van der Waals surface area contributed by atoms with Gasteiger partial charge in [-0.3, -0.25) is 4.79 Å². The van der Waals surface area contributed by atoms with Crippen LogP contribution in [0.15, 0.2) is 41.1 Å². The number of nitrogens with zero attached hydrogens (tertiary/aromatic N) is 1. The molecule has 0 aromatic heterocycles. The molecule has 0 spiro atoms. The maximum Gasteiger partial charge on any atom is 0.303 e. The molecule has 0 aliphatic heterocycles. The van der Waals surface area contributed by atoms with Crippen molar-refractivity contribution in [3.05, 3.63) is 40.9 Å². The fourth-order valence-electron chi connectivity index (χ4n) is 3.01. The van der Waals surface area contributed by atoms with Crippen LogP contribution in [0.5, 0.6) is 0 Å². The number of hydrogen-bond acceptors (Lipinski definition) is 3. The van der Waals surface area contributed by atoms with E-state index in [1.54, 1.807) is 0 Å². The van der Waals surface area contributed by atoms with Crippen LogP contribution in [-0.2, 0) is 4.79 Å². The van der Waals surface area contributed by atoms with Crippen LogP contribution in [0.2, 0.25) is 0 Å². The van der Waals surface area contributed by atoms with Crippen molar-refractivity contribution in [1.82, 2.24) is 0 Å². The van der Waals surface area contributed by atoms with E-state index in [-0.39, 0.29) is 12.5 Å². The van der Waals surface area contributed by atoms with Crippen molar-refractivity contribution < 1.29 is 9.90 Å². The van der Waals surface area contributed by atoms with Crippen LogP contribution in [0.4, 0.5) is 0 Å². The monoisotopic (exact) mass is 363 g/mol. The quantitative estimate of drug-likeness (QED) is 0.141. The van der Waals surface area contributed by atoms with Gasteiger partial charge in [-0.15, -0.1) is 0 Å². The molecule has 0 saturated heterocycles. The molecule has 1 N–H and O–H groups in total. The van der Waals surface area contributed by atoms with Crippen molar-refractivity contribution in [1.29, 1.82) is 0 Å². The SMILES string of the molecule is CCCC(C)C/C(C)=C\C/C=C\C=C\C(CCCCCCC(=O)O)N=O. The molecule has 4 heteroatoms. The van der Waals surface area contributed by atoms with Crippen LogP contribution in [0.1, 0.15) is 85.0 Å². The molecule has 0 rings (SSSR count). The fraction of sp³-hybridized carbons (Fsp3) is 0.682. The molecule has 2 atom stereocenters. The Balaban J connectivity index is 3.95. The molecule has 0 radical (unpaired) electrons. The molecule has 4 nitrogen and oxygen atoms in total. The van der Waals surface area contributed by atoms with Gasteiger partial charge in [-0.05, 0) is 38.5 Å². The zero-order valence-electron chi connectivity index (χ0n) is 16.8. The van der Waals surface area contributed by atoms with Crippen LogP contribution in [-0.4, -0.2) is 17.1 Å². The topological polar surface area (TPSA) is 66.7 Å². The van der Waals surface area contributed by atoms with Gasteiger partial charge in [-0.1, -0.05) is 87.1 Å². The highest BCUT2D eigenvalue weighted by Gasteiger charge is 2.03. The van der Waals surface area contributed by atoms with E-state index in [4.69, 9.17) is 5.11 Å². The first-order valence-corrected chi connectivity index (χ1v) is 10.0. The Kier molecular flexibility index (Phi) is 15.6. The summed E-state index contributed by atoms with van der Waals surface area (Å²) in [5.41, 5.74) is 1.44. The fourth-order valence-corrected chi connectivity index (χ4v) is 3.01. The smallest absolute Gasteiger partial charge is 0.303 e. The van der Waals surface area contributed by atoms with Gasteiger partial charge >= 0.3 is 5.97 Å². The van der Waals surface area contributed by atoms with E-state index < -0.39 is 5.97 Å². The normalized spacial score (nSPS) is 14.8. The lowest BCUT2D eigenvalue weighted by molar-refractivity contribution is -0.137. The molecule has 0 fully saturated rings. The lowest BCUT2D eigenvalue weighted by atomic mass is 9.97. The number of carboxylic acid groups (broad SMARTS) is 1. The lowest BCUT2D eigenvalue weighted by Crippen LogP contribution is -1.99. The number of unbranched alkanes of at least 4 members (excludes halogenated alkanes) is 3. The molecule has 0 aliphatic carbocycles. The Morgan fingerprint density at radius 3 is 2.50 bits per heavy atom. The molecule has 0 amide bonds. The third-order valence-electron chi connectivity index (χ3n) is 4.41. The van der Waals surface area contributed by atoms with Crippen molar-refractivity contribution >= 4 is 5.97 Å². The van der Waals surface area contributed by atoms with Gasteiger partial charge in [-0.2, -0.15) is 4.91 Å². The molecular formula is C22H37NO3. The van der Waals surface area contributed by atoms with Gasteiger partial charge < -0.3 is 5.11 Å². The van der Waals surface area contributed by atoms with Crippen LogP contribution < -0.4 is 0 Å². The summed E-state index contributed by atoms with van der Waals surface area (Å²) in [6.45, 7) is 6.72. The molecule has 0 saturated carbocycles. The largest absolute Gasteiger partial charge is 0.481 e. The van der Waals surface area contributed by atoms with Crippen LogP contribution >= 0.6 is 0 Å². The first kappa shape index (κ1) is 24.3. The van der Waals surface area contributed by atoms with E-state index in [0.717, 1.165) is 38.0 Å². The van der Waals surface area contributed by atoms with Crippen molar-refractivity contribution in [3.8, 4) is 0 Å². The van der Waals surface area contributed by atoms with Crippen molar-refractivity contribution in [2.75, 3.05) is 0 Å². The molecule has 148 valence electrons. The van der Waals surface area contributed by atoms with E-state index in [0.29, 0.717) is 6.42 Å². The predicted molar refractivity (Wildman–Crippen MR) is 110 cm³/mol. The summed E-state index contributed by atoms with van der Waals surface area (Å²) in [6.07, 6.45) is 19.1. The Bertz CT molecular complexity index is 466. The lowest BCUT2D eigenvalue weighted by Gasteiger charge is -2.09. The van der Waals surface area contributed by atoms with Gasteiger partial charge in [0.25, 0.3) is 0 Å². The maximum absolute atomic E-state index is 10.9. The minimum Gasteiger partial charge on any atom is -0.481 e. The highest BCUT2D eigenvalue weighted by Crippen LogP contribution is 2.16. The molecule has 0 heterocycles. The number of carbonyl (C=O) groups is 1. The van der Waals surface area contributed by atoms with Gasteiger partial charge in [0.1, 0.15) is 6.04 Å². The summed E-state index contributed by atoms with van der Waals surface area (Å²) in [5.74, 6) is 0.0105. The van der Waals surface area contributed by atoms with E-state index >= 15 is 0 Å². The summed E-state index contributed by atoms with van der Waals surface area (Å²) < 4.78 is 0.